The lowest BCUT2D eigenvalue weighted by Gasteiger charge is -2.19. The van der Waals surface area contributed by atoms with Gasteiger partial charge >= 0.3 is 5.97 Å². The normalized spacial score (nSPS) is 25.6. The van der Waals surface area contributed by atoms with Crippen LogP contribution < -0.4 is 0 Å². The summed E-state index contributed by atoms with van der Waals surface area (Å²) in [6.45, 7) is 2.16. The number of allylic oxidation sites excluding steroid dienone is 3. The number of carbonyl (C=O) groups is 2. The number of carboxylic acids is 1. The maximum absolute atomic E-state index is 12.0. The number of unbranched alkanes of at least 4 members (excludes halogenated alkanes) is 5. The standard InChI is InChI=1S/C22H36O5/c1-2-3-4-5-8-11-17(23)14-15-19-18(20(24)16-21(19)25)12-9-6-7-10-13-22(26)27/h6,9,14-15,18-21,24-25H,2-5,7-8,10-13,16H2,1H3,(H,26,27)/b9-6+,15-14+/t18-,19-,20?,21?/m1/s1. The number of aliphatic hydroxyl groups excluding tert-OH is 2. The number of carboxylic acid groups (broad SMARTS) is 1. The molecule has 0 saturated heterocycles. The van der Waals surface area contributed by atoms with Crippen LogP contribution in [0.5, 0.6) is 0 Å². The fourth-order valence-corrected chi connectivity index (χ4v) is 3.65. The Morgan fingerprint density at radius 2 is 1.70 bits per heavy atom. The van der Waals surface area contributed by atoms with Gasteiger partial charge < -0.3 is 15.3 Å². The molecule has 0 radical (unpaired) electrons. The molecule has 0 amide bonds. The van der Waals surface area contributed by atoms with Crippen LogP contribution in [-0.4, -0.2) is 39.3 Å². The molecule has 0 aliphatic heterocycles. The topological polar surface area (TPSA) is 94.8 Å². The third-order valence-electron chi connectivity index (χ3n) is 5.28. The maximum atomic E-state index is 12.0. The Balaban J connectivity index is 2.42. The second-order valence-electron chi connectivity index (χ2n) is 7.59. The van der Waals surface area contributed by atoms with Crippen molar-refractivity contribution in [3.05, 3.63) is 24.3 Å². The van der Waals surface area contributed by atoms with Crippen LogP contribution in [0.25, 0.3) is 0 Å². The van der Waals surface area contributed by atoms with Crippen molar-refractivity contribution in [1.82, 2.24) is 0 Å². The molecule has 0 spiro atoms. The molecule has 4 atom stereocenters. The lowest BCUT2D eigenvalue weighted by molar-refractivity contribution is -0.137. The predicted molar refractivity (Wildman–Crippen MR) is 106 cm³/mol. The third-order valence-corrected chi connectivity index (χ3v) is 5.28. The molecular formula is C22H36O5. The van der Waals surface area contributed by atoms with Gasteiger partial charge in [-0.1, -0.05) is 50.8 Å². The molecule has 0 heterocycles. The minimum absolute atomic E-state index is 0.0862. The smallest absolute Gasteiger partial charge is 0.303 e. The van der Waals surface area contributed by atoms with Gasteiger partial charge in [-0.25, -0.2) is 0 Å². The van der Waals surface area contributed by atoms with Crippen LogP contribution in [0.4, 0.5) is 0 Å². The van der Waals surface area contributed by atoms with Gasteiger partial charge in [0.05, 0.1) is 12.2 Å². The van der Waals surface area contributed by atoms with Gasteiger partial charge in [-0.05, 0) is 37.7 Å². The quantitative estimate of drug-likeness (QED) is 0.240. The summed E-state index contributed by atoms with van der Waals surface area (Å²) in [6.07, 6.45) is 14.5. The van der Waals surface area contributed by atoms with Gasteiger partial charge in [0.1, 0.15) is 0 Å². The molecule has 27 heavy (non-hydrogen) atoms. The molecular weight excluding hydrogens is 344 g/mol. The van der Waals surface area contributed by atoms with Crippen molar-refractivity contribution in [2.24, 2.45) is 11.8 Å². The van der Waals surface area contributed by atoms with Gasteiger partial charge in [0.25, 0.3) is 0 Å². The Morgan fingerprint density at radius 1 is 0.963 bits per heavy atom. The van der Waals surface area contributed by atoms with Crippen LogP contribution in [-0.2, 0) is 9.59 Å². The highest BCUT2D eigenvalue weighted by Gasteiger charge is 2.39. The summed E-state index contributed by atoms with van der Waals surface area (Å²) in [5.41, 5.74) is 0. The molecule has 1 aliphatic carbocycles. The van der Waals surface area contributed by atoms with Crippen LogP contribution >= 0.6 is 0 Å². The van der Waals surface area contributed by atoms with E-state index in [-0.39, 0.29) is 24.0 Å². The van der Waals surface area contributed by atoms with Crippen LogP contribution in [0, 0.1) is 11.8 Å². The monoisotopic (exact) mass is 380 g/mol. The minimum Gasteiger partial charge on any atom is -0.481 e. The van der Waals surface area contributed by atoms with E-state index >= 15 is 0 Å². The molecule has 0 bridgehead atoms. The van der Waals surface area contributed by atoms with Crippen molar-refractivity contribution >= 4 is 11.8 Å². The molecule has 1 saturated carbocycles. The van der Waals surface area contributed by atoms with Crippen molar-refractivity contribution in [3.63, 3.8) is 0 Å². The highest BCUT2D eigenvalue weighted by Crippen LogP contribution is 2.36. The van der Waals surface area contributed by atoms with E-state index in [1.807, 2.05) is 12.2 Å². The summed E-state index contributed by atoms with van der Waals surface area (Å²) in [5.74, 6) is -1.03. The minimum atomic E-state index is -0.794. The number of ketones is 1. The number of hydrogen-bond acceptors (Lipinski definition) is 4. The van der Waals surface area contributed by atoms with Gasteiger partial charge in [-0.15, -0.1) is 0 Å². The zero-order valence-corrected chi connectivity index (χ0v) is 16.6. The first-order chi connectivity index (χ1) is 13.0. The molecule has 1 aliphatic rings. The number of carbonyl (C=O) groups excluding carboxylic acids is 1. The SMILES string of the molecule is CCCCCCCC(=O)/C=C/[C@H]1C(O)CC(O)[C@@H]1C/C=C/CCCC(=O)O. The molecule has 5 heteroatoms. The van der Waals surface area contributed by atoms with Gasteiger partial charge in [0.15, 0.2) is 5.78 Å². The predicted octanol–water partition coefficient (Wildman–Crippen LogP) is 4.03. The van der Waals surface area contributed by atoms with Crippen LogP contribution in [0.1, 0.15) is 77.6 Å². The molecule has 5 nitrogen and oxygen atoms in total. The highest BCUT2D eigenvalue weighted by molar-refractivity contribution is 5.89. The third kappa shape index (κ3) is 9.87. The van der Waals surface area contributed by atoms with Gasteiger partial charge in [0.2, 0.25) is 0 Å². The summed E-state index contributed by atoms with van der Waals surface area (Å²) in [7, 11) is 0. The number of aliphatic hydroxyl groups is 2. The Kier molecular flexibility index (Phi) is 11.9. The van der Waals surface area contributed by atoms with E-state index in [9.17, 15) is 19.8 Å². The van der Waals surface area contributed by atoms with Crippen LogP contribution in [0.3, 0.4) is 0 Å². The Bertz CT molecular complexity index is 497. The second-order valence-corrected chi connectivity index (χ2v) is 7.59. The first-order valence-electron chi connectivity index (χ1n) is 10.4. The average molecular weight is 381 g/mol. The van der Waals surface area contributed by atoms with E-state index in [0.717, 1.165) is 12.8 Å². The number of rotatable bonds is 14. The first-order valence-corrected chi connectivity index (χ1v) is 10.4. The molecule has 2 unspecified atom stereocenters. The summed E-state index contributed by atoms with van der Waals surface area (Å²) in [6, 6.07) is 0. The molecule has 0 aromatic carbocycles. The van der Waals surface area contributed by atoms with Gasteiger partial charge in [-0.2, -0.15) is 0 Å². The Hall–Kier alpha value is -1.46. The number of aliphatic carboxylic acids is 1. The Labute approximate surface area is 163 Å². The van der Waals surface area contributed by atoms with Gasteiger partial charge in [-0.3, -0.25) is 9.59 Å². The summed E-state index contributed by atoms with van der Waals surface area (Å²) < 4.78 is 0. The van der Waals surface area contributed by atoms with Crippen molar-refractivity contribution in [3.8, 4) is 0 Å². The fourth-order valence-electron chi connectivity index (χ4n) is 3.65. The van der Waals surface area contributed by atoms with Gasteiger partial charge in [0, 0.05) is 25.2 Å². The first kappa shape index (κ1) is 23.6. The summed E-state index contributed by atoms with van der Waals surface area (Å²) >= 11 is 0. The average Bonchev–Trinajstić information content (AvgIpc) is 2.88. The molecule has 0 aromatic rings. The van der Waals surface area contributed by atoms with E-state index in [1.54, 1.807) is 12.2 Å². The summed E-state index contributed by atoms with van der Waals surface area (Å²) in [4.78, 5) is 22.5. The van der Waals surface area contributed by atoms with E-state index in [1.165, 1.54) is 19.3 Å². The summed E-state index contributed by atoms with van der Waals surface area (Å²) in [5, 5.41) is 29.0. The van der Waals surface area contributed by atoms with Crippen LogP contribution in [0.2, 0.25) is 0 Å². The molecule has 154 valence electrons. The second kappa shape index (κ2) is 13.7. The van der Waals surface area contributed by atoms with E-state index < -0.39 is 18.2 Å². The molecule has 1 rings (SSSR count). The largest absolute Gasteiger partial charge is 0.481 e. The van der Waals surface area contributed by atoms with E-state index in [2.05, 4.69) is 6.92 Å². The zero-order chi connectivity index (χ0) is 20.1. The fraction of sp³-hybridized carbons (Fsp3) is 0.727. The molecule has 0 aromatic heterocycles. The van der Waals surface area contributed by atoms with Crippen molar-refractivity contribution in [2.45, 2.75) is 89.8 Å². The van der Waals surface area contributed by atoms with Crippen molar-refractivity contribution < 1.29 is 24.9 Å². The van der Waals surface area contributed by atoms with E-state index in [4.69, 9.17) is 5.11 Å². The lowest BCUT2D eigenvalue weighted by Crippen LogP contribution is -2.20. The zero-order valence-electron chi connectivity index (χ0n) is 16.6. The Morgan fingerprint density at radius 3 is 2.41 bits per heavy atom. The van der Waals surface area contributed by atoms with E-state index in [0.29, 0.717) is 32.1 Å². The molecule has 1 fully saturated rings. The lowest BCUT2D eigenvalue weighted by atomic mass is 9.89. The van der Waals surface area contributed by atoms with Crippen molar-refractivity contribution in [2.75, 3.05) is 0 Å². The highest BCUT2D eigenvalue weighted by atomic mass is 16.4. The molecule has 3 N–H and O–H groups in total. The maximum Gasteiger partial charge on any atom is 0.303 e. The van der Waals surface area contributed by atoms with Crippen LogP contribution in [0.15, 0.2) is 24.3 Å². The van der Waals surface area contributed by atoms with Crippen molar-refractivity contribution in [1.29, 1.82) is 0 Å². The number of hydrogen-bond donors (Lipinski definition) is 3.